The van der Waals surface area contributed by atoms with Crippen molar-refractivity contribution in [2.45, 2.75) is 0 Å². The maximum atomic E-state index is 10.9. The van der Waals surface area contributed by atoms with Crippen LogP contribution >= 0.6 is 0 Å². The number of nitrogens with zero attached hydrogens (tertiary/aromatic N) is 1. The Morgan fingerprint density at radius 1 is 1.38 bits per heavy atom. The summed E-state index contributed by atoms with van der Waals surface area (Å²) < 4.78 is 4.30. The number of rotatable bonds is 1. The summed E-state index contributed by atoms with van der Waals surface area (Å²) in [6.07, 6.45) is 0. The Labute approximate surface area is 72.6 Å². The Morgan fingerprint density at radius 2 is 2.23 bits per heavy atom. The number of aromatic nitrogens is 2. The number of H-pyrrole nitrogens is 1. The number of benzene rings is 1. The zero-order valence-corrected chi connectivity index (χ0v) is 6.48. The molecule has 1 aromatic carbocycles. The highest BCUT2D eigenvalue weighted by Gasteiger charge is 2.04. The molecule has 5 heteroatoms. The van der Waals surface area contributed by atoms with E-state index < -0.39 is 5.76 Å². The maximum absolute atomic E-state index is 10.9. The van der Waals surface area contributed by atoms with Crippen LogP contribution < -0.4 is 5.76 Å². The number of hydrogen-bond acceptors (Lipinski definition) is 3. The fourth-order valence-corrected chi connectivity index (χ4v) is 0.998. The predicted molar refractivity (Wildman–Crippen MR) is 42.7 cm³/mol. The standard InChI is InChI=1S/C8H5N2O3/c11-6-3-1-2-5(4-6)7-9-8(12)13-10-7/h1-4H,(H,9,10,12). The first-order valence-electron chi connectivity index (χ1n) is 3.59. The second-order valence-electron chi connectivity index (χ2n) is 2.47. The van der Waals surface area contributed by atoms with E-state index in [1.54, 1.807) is 12.1 Å². The molecular formula is C8H5N2O3. The van der Waals surface area contributed by atoms with Gasteiger partial charge >= 0.3 is 5.76 Å². The van der Waals surface area contributed by atoms with E-state index in [2.05, 4.69) is 14.7 Å². The van der Waals surface area contributed by atoms with Gasteiger partial charge in [-0.3, -0.25) is 14.6 Å². The minimum atomic E-state index is -0.633. The van der Waals surface area contributed by atoms with Gasteiger partial charge in [-0.05, 0) is 12.1 Å². The van der Waals surface area contributed by atoms with Crippen LogP contribution in [0.25, 0.3) is 11.4 Å². The van der Waals surface area contributed by atoms with Crippen molar-refractivity contribution in [3.63, 3.8) is 0 Å². The van der Waals surface area contributed by atoms with Crippen LogP contribution in [-0.2, 0) is 5.11 Å². The van der Waals surface area contributed by atoms with Gasteiger partial charge in [-0.15, -0.1) is 0 Å². The first-order chi connectivity index (χ1) is 6.25. The lowest BCUT2D eigenvalue weighted by Crippen LogP contribution is -1.94. The molecule has 1 radical (unpaired) electrons. The van der Waals surface area contributed by atoms with Gasteiger partial charge in [0, 0.05) is 5.56 Å². The minimum Gasteiger partial charge on any atom is -0.296 e. The van der Waals surface area contributed by atoms with Crippen molar-refractivity contribution in [2.24, 2.45) is 0 Å². The van der Waals surface area contributed by atoms with Crippen LogP contribution in [-0.4, -0.2) is 10.1 Å². The van der Waals surface area contributed by atoms with Gasteiger partial charge in [-0.2, -0.15) is 0 Å². The molecule has 13 heavy (non-hydrogen) atoms. The summed E-state index contributed by atoms with van der Waals surface area (Å²) in [5.41, 5.74) is 0.540. The molecule has 0 aliphatic rings. The van der Waals surface area contributed by atoms with Crippen molar-refractivity contribution in [3.05, 3.63) is 34.8 Å². The molecule has 2 rings (SSSR count). The molecule has 0 unspecified atom stereocenters. The molecule has 0 saturated carbocycles. The van der Waals surface area contributed by atoms with Crippen LogP contribution in [0.2, 0.25) is 0 Å². The minimum absolute atomic E-state index is 0.138. The van der Waals surface area contributed by atoms with E-state index in [-0.39, 0.29) is 11.6 Å². The Balaban J connectivity index is 2.52. The molecule has 65 valence electrons. The zero-order chi connectivity index (χ0) is 9.26. The van der Waals surface area contributed by atoms with E-state index in [9.17, 15) is 9.90 Å². The monoisotopic (exact) mass is 177 g/mol. The van der Waals surface area contributed by atoms with E-state index in [1.807, 2.05) is 0 Å². The second-order valence-corrected chi connectivity index (χ2v) is 2.47. The first kappa shape index (κ1) is 7.60. The smallest absolute Gasteiger partial charge is 0.296 e. The highest BCUT2D eigenvalue weighted by atomic mass is 16.5. The van der Waals surface area contributed by atoms with Crippen LogP contribution in [0.15, 0.2) is 33.6 Å². The van der Waals surface area contributed by atoms with Gasteiger partial charge in [-0.1, -0.05) is 17.3 Å². The third kappa shape index (κ3) is 1.44. The van der Waals surface area contributed by atoms with Gasteiger partial charge in [0.05, 0.1) is 0 Å². The Morgan fingerprint density at radius 3 is 2.85 bits per heavy atom. The first-order valence-corrected chi connectivity index (χ1v) is 3.59. The topological polar surface area (TPSA) is 78.8 Å². The summed E-state index contributed by atoms with van der Waals surface area (Å²) in [5.74, 6) is -0.504. The van der Waals surface area contributed by atoms with E-state index in [4.69, 9.17) is 0 Å². The van der Waals surface area contributed by atoms with E-state index in [0.29, 0.717) is 5.56 Å². The van der Waals surface area contributed by atoms with Crippen molar-refractivity contribution in [1.82, 2.24) is 10.1 Å². The van der Waals surface area contributed by atoms with Gasteiger partial charge in [-0.25, -0.2) is 4.79 Å². The molecule has 0 saturated heterocycles. The summed E-state index contributed by atoms with van der Waals surface area (Å²) in [4.78, 5) is 12.9. The maximum Gasteiger partial charge on any atom is 0.439 e. The van der Waals surface area contributed by atoms with Gasteiger partial charge < -0.3 is 0 Å². The molecule has 0 aliphatic carbocycles. The third-order valence-electron chi connectivity index (χ3n) is 1.55. The third-order valence-corrected chi connectivity index (χ3v) is 1.55. The lowest BCUT2D eigenvalue weighted by molar-refractivity contribution is 0.355. The van der Waals surface area contributed by atoms with Gasteiger partial charge in [0.25, 0.3) is 0 Å². The zero-order valence-electron chi connectivity index (χ0n) is 6.48. The van der Waals surface area contributed by atoms with Gasteiger partial charge in [0.1, 0.15) is 0 Å². The van der Waals surface area contributed by atoms with E-state index in [0.717, 1.165) is 0 Å². The Bertz CT molecular complexity index is 472. The highest BCUT2D eigenvalue weighted by molar-refractivity contribution is 5.56. The molecule has 5 nitrogen and oxygen atoms in total. The van der Waals surface area contributed by atoms with E-state index >= 15 is 0 Å². The fourth-order valence-electron chi connectivity index (χ4n) is 0.998. The van der Waals surface area contributed by atoms with Crippen LogP contribution in [0.1, 0.15) is 0 Å². The average molecular weight is 177 g/mol. The summed E-state index contributed by atoms with van der Waals surface area (Å²) >= 11 is 0. The van der Waals surface area contributed by atoms with Crippen molar-refractivity contribution >= 4 is 0 Å². The molecule has 1 heterocycles. The molecule has 1 N–H and O–H groups in total. The summed E-state index contributed by atoms with van der Waals surface area (Å²) in [6.45, 7) is 0. The van der Waals surface area contributed by atoms with Gasteiger partial charge in [0.2, 0.25) is 0 Å². The Hall–Kier alpha value is -2.04. The van der Waals surface area contributed by atoms with Crippen molar-refractivity contribution in [1.29, 1.82) is 0 Å². The Kier molecular flexibility index (Phi) is 1.63. The lowest BCUT2D eigenvalue weighted by Gasteiger charge is -1.92. The highest BCUT2D eigenvalue weighted by Crippen LogP contribution is 2.18. The number of hydrogen-bond donors (Lipinski definition) is 1. The summed E-state index contributed by atoms with van der Waals surface area (Å²) in [5, 5.41) is 14.4. The molecule has 0 bridgehead atoms. The second kappa shape index (κ2) is 2.78. The molecular weight excluding hydrogens is 172 g/mol. The fraction of sp³-hybridized carbons (Fsp3) is 0. The number of nitrogens with one attached hydrogen (secondary N) is 1. The molecule has 0 amide bonds. The molecule has 1 aromatic heterocycles. The summed E-state index contributed by atoms with van der Waals surface area (Å²) in [7, 11) is 0. The summed E-state index contributed by atoms with van der Waals surface area (Å²) in [6, 6.07) is 6.04. The van der Waals surface area contributed by atoms with Crippen molar-refractivity contribution in [3.8, 4) is 17.1 Å². The van der Waals surface area contributed by atoms with Crippen LogP contribution in [0.5, 0.6) is 5.75 Å². The lowest BCUT2D eigenvalue weighted by atomic mass is 10.2. The SMILES string of the molecule is [O]c1cccc(-c2noc(=O)[nH]2)c1. The molecule has 0 fully saturated rings. The predicted octanol–water partition coefficient (Wildman–Crippen LogP) is 1.17. The molecule has 0 spiro atoms. The number of aromatic amines is 1. The van der Waals surface area contributed by atoms with Crippen LogP contribution in [0.4, 0.5) is 0 Å². The van der Waals surface area contributed by atoms with Crippen LogP contribution in [0.3, 0.4) is 0 Å². The normalized spacial score (nSPS) is 10.2. The van der Waals surface area contributed by atoms with Crippen molar-refractivity contribution < 1.29 is 9.63 Å². The average Bonchev–Trinajstić information content (AvgIpc) is 2.52. The van der Waals surface area contributed by atoms with E-state index in [1.165, 1.54) is 12.1 Å². The van der Waals surface area contributed by atoms with Crippen LogP contribution in [0, 0.1) is 0 Å². The molecule has 0 atom stereocenters. The largest absolute Gasteiger partial charge is 0.439 e. The quantitative estimate of drug-likeness (QED) is 0.710. The molecule has 2 aromatic rings. The van der Waals surface area contributed by atoms with Crippen molar-refractivity contribution in [2.75, 3.05) is 0 Å². The van der Waals surface area contributed by atoms with Gasteiger partial charge in [0.15, 0.2) is 11.6 Å². The molecule has 0 aliphatic heterocycles.